The lowest BCUT2D eigenvalue weighted by Crippen LogP contribution is -2.47. The summed E-state index contributed by atoms with van der Waals surface area (Å²) in [7, 11) is 0. The topological polar surface area (TPSA) is 83.6 Å². The highest BCUT2D eigenvalue weighted by molar-refractivity contribution is 5.87. The smallest absolute Gasteiger partial charge is 0.226 e. The first-order valence-electron chi connectivity index (χ1n) is 8.59. The zero-order valence-corrected chi connectivity index (χ0v) is 14.3. The van der Waals surface area contributed by atoms with Crippen LogP contribution in [0.5, 0.6) is 0 Å². The van der Waals surface area contributed by atoms with Gasteiger partial charge in [-0.15, -0.1) is 0 Å². The average molecular weight is 312 g/mol. The van der Waals surface area contributed by atoms with E-state index in [0.717, 1.165) is 25.8 Å². The Hall–Kier alpha value is -1.10. The summed E-state index contributed by atoms with van der Waals surface area (Å²) in [5.74, 6) is -0.522. The minimum atomic E-state index is -0.380. The van der Waals surface area contributed by atoms with Crippen LogP contribution in [0.1, 0.15) is 52.9 Å². The Balaban J connectivity index is 2.89. The molecule has 0 aliphatic carbocycles. The van der Waals surface area contributed by atoms with E-state index in [0.29, 0.717) is 25.3 Å². The van der Waals surface area contributed by atoms with Gasteiger partial charge in [0.15, 0.2) is 0 Å². The molecule has 5 heteroatoms. The number of piperidine rings is 1. The van der Waals surface area contributed by atoms with Gasteiger partial charge in [-0.3, -0.25) is 9.59 Å². The third kappa shape index (κ3) is 5.27. The number of carbonyl (C=O) groups excluding carboxylic acids is 2. The predicted octanol–water partition coefficient (Wildman–Crippen LogP) is 1.78. The molecule has 128 valence electrons. The molecule has 0 saturated carbocycles. The van der Waals surface area contributed by atoms with E-state index in [-0.39, 0.29) is 36.2 Å². The van der Waals surface area contributed by atoms with Crippen LogP contribution < -0.4 is 5.73 Å². The molecule has 1 saturated heterocycles. The molecule has 0 bridgehead atoms. The number of hydrogen-bond acceptors (Lipinski definition) is 3. The van der Waals surface area contributed by atoms with Crippen LogP contribution in [-0.4, -0.2) is 41.5 Å². The Labute approximate surface area is 134 Å². The van der Waals surface area contributed by atoms with Crippen molar-refractivity contribution in [3.05, 3.63) is 0 Å². The van der Waals surface area contributed by atoms with E-state index in [1.165, 1.54) is 0 Å². The van der Waals surface area contributed by atoms with Crippen molar-refractivity contribution in [1.82, 2.24) is 4.90 Å². The van der Waals surface area contributed by atoms with Crippen LogP contribution in [0.15, 0.2) is 0 Å². The summed E-state index contributed by atoms with van der Waals surface area (Å²) in [4.78, 5) is 26.6. The maximum atomic E-state index is 13.0. The lowest BCUT2D eigenvalue weighted by molar-refractivity contribution is -0.144. The van der Waals surface area contributed by atoms with Gasteiger partial charge in [0.05, 0.1) is 0 Å². The number of aliphatic hydroxyl groups is 1. The summed E-state index contributed by atoms with van der Waals surface area (Å²) in [5, 5.41) is 9.34. The van der Waals surface area contributed by atoms with Crippen molar-refractivity contribution in [3.63, 3.8) is 0 Å². The Morgan fingerprint density at radius 3 is 2.50 bits per heavy atom. The van der Waals surface area contributed by atoms with Gasteiger partial charge in [0.2, 0.25) is 11.8 Å². The number of nitrogens with two attached hydrogens (primary N) is 1. The van der Waals surface area contributed by atoms with Crippen LogP contribution in [0.2, 0.25) is 0 Å². The summed E-state index contributed by atoms with van der Waals surface area (Å²) < 4.78 is 0. The number of hydrogen-bond donors (Lipinski definition) is 2. The van der Waals surface area contributed by atoms with Crippen molar-refractivity contribution < 1.29 is 14.7 Å². The molecule has 2 amide bonds. The molecule has 3 atom stereocenters. The van der Waals surface area contributed by atoms with Gasteiger partial charge in [0.25, 0.3) is 0 Å². The van der Waals surface area contributed by atoms with Crippen molar-refractivity contribution in [2.24, 2.45) is 29.4 Å². The lowest BCUT2D eigenvalue weighted by Gasteiger charge is -2.36. The number of amides is 2. The number of likely N-dealkylation sites (tertiary alicyclic amines) is 1. The SMILES string of the molecule is CCCC(C(N)=O)C(CC(C)C)C(=O)N1CCC[C@@H](CO)C1. The molecular weight excluding hydrogens is 280 g/mol. The van der Waals surface area contributed by atoms with Gasteiger partial charge in [-0.05, 0) is 37.5 Å². The molecule has 1 rings (SSSR count). The fraction of sp³-hybridized carbons (Fsp3) is 0.882. The predicted molar refractivity (Wildman–Crippen MR) is 86.9 cm³/mol. The molecule has 1 heterocycles. The van der Waals surface area contributed by atoms with E-state index < -0.39 is 0 Å². The molecule has 22 heavy (non-hydrogen) atoms. The van der Waals surface area contributed by atoms with E-state index in [4.69, 9.17) is 5.73 Å². The molecule has 0 spiro atoms. The van der Waals surface area contributed by atoms with E-state index in [9.17, 15) is 14.7 Å². The van der Waals surface area contributed by atoms with Gasteiger partial charge in [0, 0.05) is 31.5 Å². The highest BCUT2D eigenvalue weighted by atomic mass is 16.3. The van der Waals surface area contributed by atoms with E-state index in [1.807, 2.05) is 11.8 Å². The largest absolute Gasteiger partial charge is 0.396 e. The number of primary amides is 1. The molecule has 1 fully saturated rings. The third-order valence-electron chi connectivity index (χ3n) is 4.58. The van der Waals surface area contributed by atoms with Crippen LogP contribution in [0.25, 0.3) is 0 Å². The summed E-state index contributed by atoms with van der Waals surface area (Å²) in [5.41, 5.74) is 5.57. The fourth-order valence-corrected chi connectivity index (χ4v) is 3.45. The molecule has 0 aromatic carbocycles. The molecule has 5 nitrogen and oxygen atoms in total. The number of rotatable bonds is 8. The van der Waals surface area contributed by atoms with Crippen LogP contribution >= 0.6 is 0 Å². The molecule has 3 N–H and O–H groups in total. The number of aliphatic hydroxyl groups excluding tert-OH is 1. The molecule has 1 aliphatic rings. The van der Waals surface area contributed by atoms with Gasteiger partial charge in [-0.1, -0.05) is 27.2 Å². The first-order chi connectivity index (χ1) is 10.4. The van der Waals surface area contributed by atoms with Crippen molar-refractivity contribution in [2.75, 3.05) is 19.7 Å². The molecular formula is C17H32N2O3. The van der Waals surface area contributed by atoms with Crippen molar-refractivity contribution in [3.8, 4) is 0 Å². The highest BCUT2D eigenvalue weighted by Crippen LogP contribution is 2.28. The van der Waals surface area contributed by atoms with E-state index in [1.54, 1.807) is 0 Å². The summed E-state index contributed by atoms with van der Waals surface area (Å²) >= 11 is 0. The van der Waals surface area contributed by atoms with Crippen molar-refractivity contribution >= 4 is 11.8 Å². The maximum Gasteiger partial charge on any atom is 0.226 e. The van der Waals surface area contributed by atoms with Gasteiger partial charge < -0.3 is 15.7 Å². The lowest BCUT2D eigenvalue weighted by atomic mass is 9.80. The standard InChI is InChI=1S/C17H32N2O3/c1-4-6-14(16(18)21)15(9-12(2)3)17(22)19-8-5-7-13(10-19)11-20/h12-15,20H,4-11H2,1-3H3,(H2,18,21)/t13-,14?,15?/m1/s1. The van der Waals surface area contributed by atoms with Gasteiger partial charge >= 0.3 is 0 Å². The van der Waals surface area contributed by atoms with Crippen LogP contribution in [-0.2, 0) is 9.59 Å². The van der Waals surface area contributed by atoms with Gasteiger partial charge in [0.1, 0.15) is 0 Å². The van der Waals surface area contributed by atoms with Gasteiger partial charge in [-0.25, -0.2) is 0 Å². The molecule has 0 aromatic heterocycles. The Kier molecular flexibility index (Phi) is 7.87. The zero-order valence-electron chi connectivity index (χ0n) is 14.3. The maximum absolute atomic E-state index is 13.0. The van der Waals surface area contributed by atoms with Gasteiger partial charge in [-0.2, -0.15) is 0 Å². The molecule has 1 aliphatic heterocycles. The van der Waals surface area contributed by atoms with Crippen LogP contribution in [0.3, 0.4) is 0 Å². The first kappa shape index (κ1) is 18.9. The molecule has 2 unspecified atom stereocenters. The minimum Gasteiger partial charge on any atom is -0.396 e. The summed E-state index contributed by atoms with van der Waals surface area (Å²) in [6.07, 6.45) is 4.07. The third-order valence-corrected chi connectivity index (χ3v) is 4.58. The fourth-order valence-electron chi connectivity index (χ4n) is 3.45. The Morgan fingerprint density at radius 2 is 2.00 bits per heavy atom. The van der Waals surface area contributed by atoms with Crippen molar-refractivity contribution in [2.45, 2.75) is 52.9 Å². The average Bonchev–Trinajstić information content (AvgIpc) is 2.49. The number of nitrogens with zero attached hydrogens (tertiary/aromatic N) is 1. The second-order valence-electron chi connectivity index (χ2n) is 7.01. The zero-order chi connectivity index (χ0) is 16.7. The molecule has 0 radical (unpaired) electrons. The summed E-state index contributed by atoms with van der Waals surface area (Å²) in [6, 6.07) is 0. The Bertz CT molecular complexity index is 371. The highest BCUT2D eigenvalue weighted by Gasteiger charge is 2.36. The number of carbonyl (C=O) groups is 2. The molecule has 0 aromatic rings. The second kappa shape index (κ2) is 9.13. The Morgan fingerprint density at radius 1 is 1.32 bits per heavy atom. The van der Waals surface area contributed by atoms with Crippen LogP contribution in [0.4, 0.5) is 0 Å². The van der Waals surface area contributed by atoms with Crippen molar-refractivity contribution in [1.29, 1.82) is 0 Å². The van der Waals surface area contributed by atoms with Crippen LogP contribution in [0, 0.1) is 23.7 Å². The monoisotopic (exact) mass is 312 g/mol. The summed E-state index contributed by atoms with van der Waals surface area (Å²) in [6.45, 7) is 7.58. The van der Waals surface area contributed by atoms with E-state index >= 15 is 0 Å². The quantitative estimate of drug-likeness (QED) is 0.716. The van der Waals surface area contributed by atoms with E-state index in [2.05, 4.69) is 13.8 Å². The first-order valence-corrected chi connectivity index (χ1v) is 8.59. The minimum absolute atomic E-state index is 0.0455. The normalized spacial score (nSPS) is 21.7. The second-order valence-corrected chi connectivity index (χ2v) is 7.01.